The zero-order valence-corrected chi connectivity index (χ0v) is 21.5. The van der Waals surface area contributed by atoms with Gasteiger partial charge in [0.1, 0.15) is 22.9 Å². The summed E-state index contributed by atoms with van der Waals surface area (Å²) in [5.74, 6) is -2.93. The lowest BCUT2D eigenvalue weighted by Gasteiger charge is -2.39. The van der Waals surface area contributed by atoms with Crippen molar-refractivity contribution in [2.75, 3.05) is 6.54 Å². The van der Waals surface area contributed by atoms with Crippen LogP contribution in [-0.2, 0) is 21.2 Å². The number of hydrogen-bond acceptors (Lipinski definition) is 4. The molecule has 1 saturated heterocycles. The van der Waals surface area contributed by atoms with Gasteiger partial charge in [0.15, 0.2) is 0 Å². The van der Waals surface area contributed by atoms with Crippen molar-refractivity contribution in [2.24, 2.45) is 10.8 Å². The van der Waals surface area contributed by atoms with E-state index in [-0.39, 0.29) is 29.7 Å². The standard InChI is InChI=1S/C27H27F4N3O3S/c1-16(28)38(36,37)33-24-22(34(15-27(24)8-9-27)25(35)26(14-32)6-3-7-26)12-17-4-2-5-21(23(17)31)18-10-19(29)13-20(30)11-18/h2,4-5,10-11,13,16,22,24,33H,3,6-9,12,15H2,1H3/t16?,22-,24+/m0/s1. The number of halogens is 4. The van der Waals surface area contributed by atoms with Gasteiger partial charge in [0.2, 0.25) is 21.4 Å². The van der Waals surface area contributed by atoms with Gasteiger partial charge >= 0.3 is 0 Å². The molecule has 3 fully saturated rings. The van der Waals surface area contributed by atoms with E-state index in [4.69, 9.17) is 0 Å². The maximum atomic E-state index is 15.8. The van der Waals surface area contributed by atoms with E-state index in [0.29, 0.717) is 38.2 Å². The third-order valence-electron chi connectivity index (χ3n) is 8.31. The molecule has 0 aromatic heterocycles. The van der Waals surface area contributed by atoms with Crippen LogP contribution in [0.5, 0.6) is 0 Å². The Labute approximate surface area is 218 Å². The Morgan fingerprint density at radius 1 is 1.16 bits per heavy atom. The predicted octanol–water partition coefficient (Wildman–Crippen LogP) is 4.60. The Bertz CT molecular complexity index is 1410. The zero-order valence-electron chi connectivity index (χ0n) is 20.7. The van der Waals surface area contributed by atoms with E-state index in [1.165, 1.54) is 23.1 Å². The molecule has 1 heterocycles. The third-order valence-corrected chi connectivity index (χ3v) is 9.75. The van der Waals surface area contributed by atoms with Crippen molar-refractivity contribution in [3.63, 3.8) is 0 Å². The predicted molar refractivity (Wildman–Crippen MR) is 131 cm³/mol. The summed E-state index contributed by atoms with van der Waals surface area (Å²) >= 11 is 0. The average Bonchev–Trinajstić information content (AvgIpc) is 3.54. The number of benzene rings is 2. The van der Waals surface area contributed by atoms with Gasteiger partial charge in [-0.3, -0.25) is 4.79 Å². The summed E-state index contributed by atoms with van der Waals surface area (Å²) in [4.78, 5) is 15.1. The molecule has 2 saturated carbocycles. The van der Waals surface area contributed by atoms with Gasteiger partial charge < -0.3 is 4.90 Å². The Morgan fingerprint density at radius 2 is 1.82 bits per heavy atom. The molecule has 2 aromatic carbocycles. The Hall–Kier alpha value is -2.97. The summed E-state index contributed by atoms with van der Waals surface area (Å²) in [5, 5.41) is 9.79. The highest BCUT2D eigenvalue weighted by Gasteiger charge is 2.63. The fourth-order valence-electron chi connectivity index (χ4n) is 5.77. The van der Waals surface area contributed by atoms with Gasteiger partial charge in [-0.05, 0) is 68.7 Å². The molecule has 0 bridgehead atoms. The van der Waals surface area contributed by atoms with Gasteiger partial charge in [-0.2, -0.15) is 5.26 Å². The van der Waals surface area contributed by atoms with E-state index >= 15 is 4.39 Å². The zero-order chi connectivity index (χ0) is 27.5. The summed E-state index contributed by atoms with van der Waals surface area (Å²) in [6, 6.07) is 7.37. The first-order chi connectivity index (χ1) is 17.9. The van der Waals surface area contributed by atoms with E-state index in [0.717, 1.165) is 19.1 Å². The SMILES string of the molecule is CC(F)S(=O)(=O)N[C@@H]1[C@H](Cc2cccc(-c3cc(F)cc(F)c3)c2F)N(C(=O)C2(C#N)CCC2)CC12CC2. The van der Waals surface area contributed by atoms with E-state index in [2.05, 4.69) is 10.8 Å². The van der Waals surface area contributed by atoms with Gasteiger partial charge in [-0.1, -0.05) is 18.2 Å². The number of nitrogens with zero attached hydrogens (tertiary/aromatic N) is 2. The number of nitriles is 1. The summed E-state index contributed by atoms with van der Waals surface area (Å²) in [7, 11) is -4.39. The van der Waals surface area contributed by atoms with Gasteiger partial charge in [-0.15, -0.1) is 0 Å². The highest BCUT2D eigenvalue weighted by atomic mass is 32.2. The van der Waals surface area contributed by atoms with Crippen molar-refractivity contribution in [3.8, 4) is 17.2 Å². The fraction of sp³-hybridized carbons (Fsp3) is 0.481. The number of rotatable bonds is 7. The lowest BCUT2D eigenvalue weighted by atomic mass is 9.69. The number of carbonyl (C=O) groups is 1. The maximum Gasteiger partial charge on any atom is 0.244 e. The lowest BCUT2D eigenvalue weighted by Crippen LogP contribution is -2.54. The smallest absolute Gasteiger partial charge is 0.244 e. The quantitative estimate of drug-likeness (QED) is 0.511. The molecule has 1 unspecified atom stereocenters. The van der Waals surface area contributed by atoms with Crippen LogP contribution in [0.15, 0.2) is 36.4 Å². The van der Waals surface area contributed by atoms with Crippen molar-refractivity contribution < 1.29 is 30.8 Å². The molecule has 3 aliphatic rings. The molecule has 6 nitrogen and oxygen atoms in total. The largest absolute Gasteiger partial charge is 0.336 e. The first-order valence-electron chi connectivity index (χ1n) is 12.5. The van der Waals surface area contributed by atoms with Crippen LogP contribution < -0.4 is 4.72 Å². The summed E-state index contributed by atoms with van der Waals surface area (Å²) in [6.45, 7) is 1.07. The normalized spacial score (nSPS) is 24.1. The second-order valence-electron chi connectivity index (χ2n) is 10.7. The highest BCUT2D eigenvalue weighted by Crippen LogP contribution is 2.57. The first kappa shape index (κ1) is 26.6. The van der Waals surface area contributed by atoms with E-state index < -0.39 is 61.8 Å². The van der Waals surface area contributed by atoms with Crippen molar-refractivity contribution in [3.05, 3.63) is 59.4 Å². The number of amides is 1. The number of alkyl halides is 1. The van der Waals surface area contributed by atoms with E-state index in [1.807, 2.05) is 0 Å². The number of sulfonamides is 1. The highest BCUT2D eigenvalue weighted by molar-refractivity contribution is 7.89. The van der Waals surface area contributed by atoms with Gasteiger partial charge in [0, 0.05) is 29.6 Å². The van der Waals surface area contributed by atoms with Crippen LogP contribution in [0.4, 0.5) is 17.6 Å². The Morgan fingerprint density at radius 3 is 2.34 bits per heavy atom. The lowest BCUT2D eigenvalue weighted by molar-refractivity contribution is -0.144. The van der Waals surface area contributed by atoms with Crippen LogP contribution in [0.3, 0.4) is 0 Å². The molecule has 11 heteroatoms. The summed E-state index contributed by atoms with van der Waals surface area (Å²) in [6.07, 6.45) is 2.51. The van der Waals surface area contributed by atoms with Crippen LogP contribution in [0.25, 0.3) is 11.1 Å². The second kappa shape index (κ2) is 9.35. The number of hydrogen-bond donors (Lipinski definition) is 1. The van der Waals surface area contributed by atoms with Crippen LogP contribution >= 0.6 is 0 Å². The molecule has 5 rings (SSSR count). The molecule has 1 amide bonds. The molecule has 38 heavy (non-hydrogen) atoms. The maximum absolute atomic E-state index is 15.8. The minimum atomic E-state index is -4.39. The van der Waals surface area contributed by atoms with Crippen LogP contribution in [0.2, 0.25) is 0 Å². The minimum absolute atomic E-state index is 0.0127. The minimum Gasteiger partial charge on any atom is -0.336 e. The molecular weight excluding hydrogens is 522 g/mol. The molecule has 202 valence electrons. The second-order valence-corrected chi connectivity index (χ2v) is 12.7. The molecule has 1 N–H and O–H groups in total. The van der Waals surface area contributed by atoms with E-state index in [1.54, 1.807) is 0 Å². The topological polar surface area (TPSA) is 90.3 Å². The molecule has 0 radical (unpaired) electrons. The summed E-state index contributed by atoms with van der Waals surface area (Å²) < 4.78 is 85.1. The molecule has 3 atom stereocenters. The Kier molecular flexibility index (Phi) is 6.55. The molecule has 1 spiro atoms. The number of likely N-dealkylation sites (tertiary alicyclic amines) is 1. The van der Waals surface area contributed by atoms with Crippen molar-refractivity contribution in [1.82, 2.24) is 9.62 Å². The van der Waals surface area contributed by atoms with Crippen molar-refractivity contribution >= 4 is 15.9 Å². The molecular formula is C27H27F4N3O3S. The fourth-order valence-corrected chi connectivity index (χ4v) is 6.72. The number of carbonyl (C=O) groups excluding carboxylic acids is 1. The third kappa shape index (κ3) is 4.47. The van der Waals surface area contributed by atoms with Gasteiger partial charge in [-0.25, -0.2) is 30.7 Å². The van der Waals surface area contributed by atoms with Crippen molar-refractivity contribution in [1.29, 1.82) is 5.26 Å². The summed E-state index contributed by atoms with van der Waals surface area (Å²) in [5.41, 5.74) is -4.02. The van der Waals surface area contributed by atoms with Gasteiger partial charge in [0.25, 0.3) is 0 Å². The van der Waals surface area contributed by atoms with Crippen LogP contribution in [-0.4, -0.2) is 43.4 Å². The van der Waals surface area contributed by atoms with E-state index in [9.17, 15) is 31.6 Å². The Balaban J connectivity index is 1.55. The molecule has 2 aromatic rings. The van der Waals surface area contributed by atoms with Crippen molar-refractivity contribution in [2.45, 2.75) is 63.0 Å². The first-order valence-corrected chi connectivity index (χ1v) is 14.1. The molecule has 1 aliphatic heterocycles. The van der Waals surface area contributed by atoms with Crippen LogP contribution in [0.1, 0.15) is 44.6 Å². The molecule has 2 aliphatic carbocycles. The average molecular weight is 550 g/mol. The van der Waals surface area contributed by atoms with Gasteiger partial charge in [0.05, 0.1) is 12.1 Å². The number of nitrogens with one attached hydrogen (secondary N) is 1. The monoisotopic (exact) mass is 549 g/mol. The van der Waals surface area contributed by atoms with Crippen LogP contribution in [0, 0.1) is 39.6 Å².